The fraction of sp³-hybridized carbons (Fsp3) is 0.125. The Morgan fingerprint density at radius 3 is 2.45 bits per heavy atom. The Kier molecular flexibility index (Phi) is 5.60. The fourth-order valence-corrected chi connectivity index (χ4v) is 5.12. The molecule has 1 amide bonds. The van der Waals surface area contributed by atoms with E-state index in [1.54, 1.807) is 59.2 Å². The minimum Gasteiger partial charge on any atom is -0.337 e. The molecule has 0 bridgehead atoms. The number of sulfone groups is 1. The number of carbonyl (C=O) groups is 1. The Labute approximate surface area is 186 Å². The predicted octanol–water partition coefficient (Wildman–Crippen LogP) is 5.38. The number of anilines is 1. The third-order valence-electron chi connectivity index (χ3n) is 5.16. The van der Waals surface area contributed by atoms with Crippen LogP contribution in [0, 0.1) is 13.8 Å². The first kappa shape index (κ1) is 21.2. The summed E-state index contributed by atoms with van der Waals surface area (Å²) >= 11 is 6.04. The third-order valence-corrected chi connectivity index (χ3v) is 7.19. The first-order chi connectivity index (χ1) is 14.8. The van der Waals surface area contributed by atoms with Gasteiger partial charge in [-0.05, 0) is 49.7 Å². The zero-order valence-electron chi connectivity index (χ0n) is 17.1. The van der Waals surface area contributed by atoms with E-state index in [1.165, 1.54) is 6.20 Å². The molecule has 7 heteroatoms. The molecule has 4 aromatic rings. The van der Waals surface area contributed by atoms with Crippen molar-refractivity contribution >= 4 is 43.9 Å². The predicted molar refractivity (Wildman–Crippen MR) is 123 cm³/mol. The van der Waals surface area contributed by atoms with Crippen molar-refractivity contribution in [1.29, 1.82) is 0 Å². The van der Waals surface area contributed by atoms with E-state index in [4.69, 9.17) is 11.6 Å². The maximum absolute atomic E-state index is 13.3. The smallest absolute Gasteiger partial charge is 0.244 e. The van der Waals surface area contributed by atoms with Gasteiger partial charge in [0.25, 0.3) is 0 Å². The van der Waals surface area contributed by atoms with E-state index in [0.717, 1.165) is 11.1 Å². The van der Waals surface area contributed by atoms with Gasteiger partial charge >= 0.3 is 0 Å². The van der Waals surface area contributed by atoms with Crippen LogP contribution in [0.4, 0.5) is 5.69 Å². The Hall–Kier alpha value is -3.09. The zero-order valence-corrected chi connectivity index (χ0v) is 18.7. The number of rotatable bonds is 5. The van der Waals surface area contributed by atoms with E-state index >= 15 is 0 Å². The molecule has 31 heavy (non-hydrogen) atoms. The van der Waals surface area contributed by atoms with Gasteiger partial charge < -0.3 is 9.88 Å². The second-order valence-electron chi connectivity index (χ2n) is 7.46. The molecule has 0 unspecified atom stereocenters. The van der Waals surface area contributed by atoms with Gasteiger partial charge in [0.1, 0.15) is 6.54 Å². The summed E-state index contributed by atoms with van der Waals surface area (Å²) in [6.45, 7) is 3.75. The quantitative estimate of drug-likeness (QED) is 0.441. The van der Waals surface area contributed by atoms with E-state index in [2.05, 4.69) is 5.32 Å². The molecule has 1 heterocycles. The van der Waals surface area contributed by atoms with Crippen LogP contribution in [0.25, 0.3) is 10.9 Å². The van der Waals surface area contributed by atoms with Crippen molar-refractivity contribution in [2.45, 2.75) is 30.2 Å². The number of aryl methyl sites for hydroxylation is 2. The number of aromatic nitrogens is 1. The van der Waals surface area contributed by atoms with Crippen LogP contribution in [0.5, 0.6) is 0 Å². The van der Waals surface area contributed by atoms with Crippen molar-refractivity contribution in [2.75, 3.05) is 5.32 Å². The van der Waals surface area contributed by atoms with E-state index in [-0.39, 0.29) is 22.2 Å². The maximum atomic E-state index is 13.3. The highest BCUT2D eigenvalue weighted by molar-refractivity contribution is 7.91. The molecule has 0 fully saturated rings. The molecule has 0 saturated carbocycles. The van der Waals surface area contributed by atoms with Crippen LogP contribution in [-0.2, 0) is 21.2 Å². The van der Waals surface area contributed by atoms with Crippen LogP contribution < -0.4 is 5.32 Å². The molecule has 1 aromatic heterocycles. The molecule has 1 N–H and O–H groups in total. The maximum Gasteiger partial charge on any atom is 0.244 e. The summed E-state index contributed by atoms with van der Waals surface area (Å²) in [5.41, 5.74) is 3.17. The van der Waals surface area contributed by atoms with Crippen LogP contribution in [0.15, 0.2) is 82.7 Å². The van der Waals surface area contributed by atoms with Crippen LogP contribution in [-0.4, -0.2) is 18.9 Å². The summed E-state index contributed by atoms with van der Waals surface area (Å²) in [5.74, 6) is -0.273. The molecule has 0 spiro atoms. The number of para-hydroxylation sites is 1. The molecule has 3 aromatic carbocycles. The number of halogens is 1. The van der Waals surface area contributed by atoms with Crippen LogP contribution in [0.2, 0.25) is 5.02 Å². The van der Waals surface area contributed by atoms with E-state index in [9.17, 15) is 13.2 Å². The monoisotopic (exact) mass is 452 g/mol. The van der Waals surface area contributed by atoms with Gasteiger partial charge in [0.15, 0.2) is 0 Å². The Bertz CT molecular complexity index is 1390. The van der Waals surface area contributed by atoms with Crippen molar-refractivity contribution in [3.63, 3.8) is 0 Å². The summed E-state index contributed by atoms with van der Waals surface area (Å²) in [7, 11) is -3.74. The van der Waals surface area contributed by atoms with Crippen molar-refractivity contribution in [1.82, 2.24) is 4.57 Å². The molecule has 0 radical (unpaired) electrons. The first-order valence-electron chi connectivity index (χ1n) is 9.71. The SMILES string of the molecule is Cc1ccc(S(=O)(=O)c2cn(CC(=O)Nc3cc(Cl)ccc3C)c3ccccc23)cc1. The summed E-state index contributed by atoms with van der Waals surface area (Å²) < 4.78 is 28.3. The van der Waals surface area contributed by atoms with Crippen LogP contribution in [0.3, 0.4) is 0 Å². The number of hydrogen-bond acceptors (Lipinski definition) is 3. The van der Waals surface area contributed by atoms with Crippen molar-refractivity contribution in [3.05, 3.63) is 89.1 Å². The van der Waals surface area contributed by atoms with Gasteiger partial charge in [-0.25, -0.2) is 8.42 Å². The van der Waals surface area contributed by atoms with E-state index in [0.29, 0.717) is 21.6 Å². The molecule has 0 aliphatic heterocycles. The van der Waals surface area contributed by atoms with E-state index in [1.807, 2.05) is 26.0 Å². The molecule has 5 nitrogen and oxygen atoms in total. The van der Waals surface area contributed by atoms with Crippen molar-refractivity contribution in [2.24, 2.45) is 0 Å². The lowest BCUT2D eigenvalue weighted by molar-refractivity contribution is -0.116. The minimum absolute atomic E-state index is 0.0319. The highest BCUT2D eigenvalue weighted by Crippen LogP contribution is 2.30. The summed E-state index contributed by atoms with van der Waals surface area (Å²) in [5, 5.41) is 3.96. The summed E-state index contributed by atoms with van der Waals surface area (Å²) in [6.07, 6.45) is 1.53. The number of nitrogens with one attached hydrogen (secondary N) is 1. The standard InChI is InChI=1S/C24H21ClN2O3S/c1-16-7-11-19(12-8-16)31(29,30)23-14-27(22-6-4-3-5-20(22)23)15-24(28)26-21-13-18(25)10-9-17(21)2/h3-14H,15H2,1-2H3,(H,26,28). The summed E-state index contributed by atoms with van der Waals surface area (Å²) in [6, 6.07) is 19.2. The zero-order chi connectivity index (χ0) is 22.2. The van der Waals surface area contributed by atoms with Gasteiger partial charge in [0.05, 0.1) is 9.79 Å². The van der Waals surface area contributed by atoms with Gasteiger partial charge in [0.2, 0.25) is 15.7 Å². The number of hydrogen-bond donors (Lipinski definition) is 1. The lowest BCUT2D eigenvalue weighted by atomic mass is 10.2. The van der Waals surface area contributed by atoms with Crippen molar-refractivity contribution in [3.8, 4) is 0 Å². The summed E-state index contributed by atoms with van der Waals surface area (Å²) in [4.78, 5) is 13.1. The molecule has 0 atom stereocenters. The van der Waals surface area contributed by atoms with Gasteiger partial charge in [-0.15, -0.1) is 0 Å². The number of benzene rings is 3. The molecular formula is C24H21ClN2O3S. The Balaban J connectivity index is 1.71. The van der Waals surface area contributed by atoms with Gasteiger partial charge in [-0.1, -0.05) is 53.6 Å². The fourth-order valence-electron chi connectivity index (χ4n) is 3.48. The molecule has 158 valence electrons. The molecule has 4 rings (SSSR count). The van der Waals surface area contributed by atoms with Gasteiger partial charge in [-0.2, -0.15) is 0 Å². The minimum atomic E-state index is -3.74. The second kappa shape index (κ2) is 8.21. The van der Waals surface area contributed by atoms with Crippen molar-refractivity contribution < 1.29 is 13.2 Å². The average Bonchev–Trinajstić information content (AvgIpc) is 3.10. The number of carbonyl (C=O) groups excluding carboxylic acids is 1. The topological polar surface area (TPSA) is 68.2 Å². The molecule has 0 saturated heterocycles. The molecule has 0 aliphatic carbocycles. The van der Waals surface area contributed by atoms with Gasteiger partial charge in [-0.3, -0.25) is 4.79 Å². The highest BCUT2D eigenvalue weighted by Gasteiger charge is 2.24. The second-order valence-corrected chi connectivity index (χ2v) is 9.82. The third kappa shape index (κ3) is 4.22. The lowest BCUT2D eigenvalue weighted by Crippen LogP contribution is -2.18. The largest absolute Gasteiger partial charge is 0.337 e. The van der Waals surface area contributed by atoms with Gasteiger partial charge in [0, 0.05) is 27.8 Å². The number of nitrogens with zero attached hydrogens (tertiary/aromatic N) is 1. The van der Waals surface area contributed by atoms with Crippen LogP contribution in [0.1, 0.15) is 11.1 Å². The molecular weight excluding hydrogens is 432 g/mol. The van der Waals surface area contributed by atoms with E-state index < -0.39 is 9.84 Å². The molecule has 0 aliphatic rings. The highest BCUT2D eigenvalue weighted by atomic mass is 35.5. The lowest BCUT2D eigenvalue weighted by Gasteiger charge is -2.10. The Morgan fingerprint density at radius 1 is 1.00 bits per heavy atom. The first-order valence-corrected chi connectivity index (χ1v) is 11.6. The number of amides is 1. The average molecular weight is 453 g/mol. The Morgan fingerprint density at radius 2 is 1.71 bits per heavy atom. The normalized spacial score (nSPS) is 11.6. The van der Waals surface area contributed by atoms with Crippen LogP contribution >= 0.6 is 11.6 Å². The number of fused-ring (bicyclic) bond motifs is 1.